The molecule has 1 saturated carbocycles. The first-order valence-corrected chi connectivity index (χ1v) is 8.40. The molecule has 3 unspecified atom stereocenters. The number of hydrogen-bond acceptors (Lipinski definition) is 2. The maximum absolute atomic E-state index is 3.51. The van der Waals surface area contributed by atoms with Gasteiger partial charge in [0.05, 0.1) is 0 Å². The van der Waals surface area contributed by atoms with E-state index in [1.807, 2.05) is 0 Å². The minimum Gasteiger partial charge on any atom is -0.316 e. The molecule has 1 aliphatic heterocycles. The zero-order valence-corrected chi connectivity index (χ0v) is 13.5. The van der Waals surface area contributed by atoms with Gasteiger partial charge in [0.15, 0.2) is 0 Å². The predicted octanol–water partition coefficient (Wildman–Crippen LogP) is 3.52. The van der Waals surface area contributed by atoms with Gasteiger partial charge >= 0.3 is 0 Å². The molecule has 2 aliphatic rings. The summed E-state index contributed by atoms with van der Waals surface area (Å²) in [6.07, 6.45) is 8.74. The fraction of sp³-hybridized carbons (Fsp3) is 1.00. The van der Waals surface area contributed by atoms with Crippen molar-refractivity contribution in [1.29, 1.82) is 0 Å². The zero-order chi connectivity index (χ0) is 13.9. The van der Waals surface area contributed by atoms with Gasteiger partial charge in [-0.2, -0.15) is 0 Å². The summed E-state index contributed by atoms with van der Waals surface area (Å²) in [6.45, 7) is 11.1. The van der Waals surface area contributed by atoms with Gasteiger partial charge in [0, 0.05) is 12.6 Å². The Morgan fingerprint density at radius 2 is 1.79 bits per heavy atom. The van der Waals surface area contributed by atoms with Crippen molar-refractivity contribution in [2.24, 2.45) is 17.3 Å². The Morgan fingerprint density at radius 1 is 1.11 bits per heavy atom. The highest BCUT2D eigenvalue weighted by molar-refractivity contribution is 4.85. The summed E-state index contributed by atoms with van der Waals surface area (Å²) in [4.78, 5) is 2.74. The number of fused-ring (bicyclic) bond motifs is 1. The van der Waals surface area contributed by atoms with Gasteiger partial charge in [0.2, 0.25) is 0 Å². The Kier molecular flexibility index (Phi) is 5.30. The molecule has 0 aromatic carbocycles. The molecule has 112 valence electrons. The number of nitrogens with one attached hydrogen (secondary N) is 1. The molecular weight excluding hydrogens is 232 g/mol. The Morgan fingerprint density at radius 3 is 2.42 bits per heavy atom. The molecule has 1 saturated heterocycles. The molecule has 0 amide bonds. The maximum atomic E-state index is 3.51. The van der Waals surface area contributed by atoms with Crippen molar-refractivity contribution in [2.45, 2.75) is 65.3 Å². The summed E-state index contributed by atoms with van der Waals surface area (Å²) in [5, 5.41) is 3.51. The Bertz CT molecular complexity index is 269. The van der Waals surface area contributed by atoms with Gasteiger partial charge in [-0.15, -0.1) is 0 Å². The van der Waals surface area contributed by atoms with Gasteiger partial charge in [-0.25, -0.2) is 0 Å². The molecule has 2 rings (SSSR count). The van der Waals surface area contributed by atoms with Crippen LogP contribution in [0.5, 0.6) is 0 Å². The van der Waals surface area contributed by atoms with Crippen molar-refractivity contribution in [3.8, 4) is 0 Å². The first-order valence-electron chi connectivity index (χ1n) is 8.40. The van der Waals surface area contributed by atoms with E-state index in [4.69, 9.17) is 0 Å². The van der Waals surface area contributed by atoms with Crippen LogP contribution in [0.1, 0.15) is 59.3 Å². The summed E-state index contributed by atoms with van der Waals surface area (Å²) in [5.74, 6) is 2.08. The SMILES string of the molecule is CNC(CCN1CCC2CCCCC2C1)C(C)(C)C. The average Bonchev–Trinajstić information content (AvgIpc) is 2.37. The fourth-order valence-corrected chi connectivity index (χ4v) is 4.20. The van der Waals surface area contributed by atoms with Crippen LogP contribution in [0.2, 0.25) is 0 Å². The summed E-state index contributed by atoms with van der Waals surface area (Å²) in [5.41, 5.74) is 0.373. The molecule has 2 fully saturated rings. The van der Waals surface area contributed by atoms with Gasteiger partial charge in [-0.05, 0) is 56.7 Å². The highest BCUT2D eigenvalue weighted by Crippen LogP contribution is 2.36. The van der Waals surface area contributed by atoms with Crippen molar-refractivity contribution in [1.82, 2.24) is 10.2 Å². The van der Waals surface area contributed by atoms with Crippen molar-refractivity contribution in [3.05, 3.63) is 0 Å². The van der Waals surface area contributed by atoms with E-state index >= 15 is 0 Å². The molecule has 1 N–H and O–H groups in total. The first kappa shape index (κ1) is 15.3. The van der Waals surface area contributed by atoms with Crippen molar-refractivity contribution >= 4 is 0 Å². The van der Waals surface area contributed by atoms with Crippen LogP contribution in [0.4, 0.5) is 0 Å². The molecular formula is C17H34N2. The van der Waals surface area contributed by atoms with Gasteiger partial charge in [-0.3, -0.25) is 0 Å². The third-order valence-corrected chi connectivity index (χ3v) is 5.50. The summed E-state index contributed by atoms with van der Waals surface area (Å²) >= 11 is 0. The normalized spacial score (nSPS) is 30.9. The molecule has 2 nitrogen and oxygen atoms in total. The van der Waals surface area contributed by atoms with Crippen LogP contribution in [0.3, 0.4) is 0 Å². The maximum Gasteiger partial charge on any atom is 0.0125 e. The highest BCUT2D eigenvalue weighted by atomic mass is 15.1. The van der Waals surface area contributed by atoms with Gasteiger partial charge < -0.3 is 10.2 Å². The number of hydrogen-bond donors (Lipinski definition) is 1. The van der Waals surface area contributed by atoms with Gasteiger partial charge in [-0.1, -0.05) is 40.0 Å². The molecule has 19 heavy (non-hydrogen) atoms. The molecule has 0 radical (unpaired) electrons. The zero-order valence-electron chi connectivity index (χ0n) is 13.5. The standard InChI is InChI=1S/C17H34N2/c1-17(2,3)16(18-4)10-12-19-11-9-14-7-5-6-8-15(14)13-19/h14-16,18H,5-13H2,1-4H3. The summed E-state index contributed by atoms with van der Waals surface area (Å²) in [7, 11) is 2.11. The second-order valence-electron chi connectivity index (χ2n) is 7.89. The lowest BCUT2D eigenvalue weighted by atomic mass is 9.75. The molecule has 1 heterocycles. The molecule has 1 aliphatic carbocycles. The molecule has 0 aromatic heterocycles. The summed E-state index contributed by atoms with van der Waals surface area (Å²) < 4.78 is 0. The topological polar surface area (TPSA) is 15.3 Å². The molecule has 0 spiro atoms. The third-order valence-electron chi connectivity index (χ3n) is 5.50. The Balaban J connectivity index is 1.77. The Hall–Kier alpha value is -0.0800. The van der Waals surface area contributed by atoms with E-state index in [0.29, 0.717) is 11.5 Å². The van der Waals surface area contributed by atoms with Crippen LogP contribution < -0.4 is 5.32 Å². The lowest BCUT2D eigenvalue weighted by molar-refractivity contribution is 0.0801. The molecule has 2 heteroatoms. The average molecular weight is 266 g/mol. The van der Waals surface area contributed by atoms with Crippen LogP contribution in [-0.4, -0.2) is 37.6 Å². The van der Waals surface area contributed by atoms with Crippen molar-refractivity contribution < 1.29 is 0 Å². The van der Waals surface area contributed by atoms with Gasteiger partial charge in [0.25, 0.3) is 0 Å². The Labute approximate surface area is 120 Å². The highest BCUT2D eigenvalue weighted by Gasteiger charge is 2.31. The largest absolute Gasteiger partial charge is 0.316 e. The summed E-state index contributed by atoms with van der Waals surface area (Å²) in [6, 6.07) is 0.636. The van der Waals surface area contributed by atoms with Crippen molar-refractivity contribution in [3.63, 3.8) is 0 Å². The van der Waals surface area contributed by atoms with Crippen LogP contribution in [0.15, 0.2) is 0 Å². The predicted molar refractivity (Wildman–Crippen MR) is 83.4 cm³/mol. The second kappa shape index (κ2) is 6.58. The van der Waals surface area contributed by atoms with E-state index in [2.05, 4.69) is 38.0 Å². The number of likely N-dealkylation sites (tertiary alicyclic amines) is 1. The number of piperidine rings is 1. The van der Waals surface area contributed by atoms with Crippen LogP contribution in [-0.2, 0) is 0 Å². The number of rotatable bonds is 4. The third kappa shape index (κ3) is 4.19. The minimum absolute atomic E-state index is 0.373. The van der Waals surface area contributed by atoms with E-state index in [1.54, 1.807) is 0 Å². The molecule has 0 bridgehead atoms. The minimum atomic E-state index is 0.373. The lowest BCUT2D eigenvalue weighted by Crippen LogP contribution is -2.45. The van der Waals surface area contributed by atoms with E-state index in [-0.39, 0.29) is 0 Å². The van der Waals surface area contributed by atoms with Crippen LogP contribution >= 0.6 is 0 Å². The first-order chi connectivity index (χ1) is 9.00. The second-order valence-corrected chi connectivity index (χ2v) is 7.89. The molecule has 0 aromatic rings. The van der Waals surface area contributed by atoms with Gasteiger partial charge in [0.1, 0.15) is 0 Å². The van der Waals surface area contributed by atoms with Crippen LogP contribution in [0, 0.1) is 17.3 Å². The smallest absolute Gasteiger partial charge is 0.0125 e. The van der Waals surface area contributed by atoms with Crippen molar-refractivity contribution in [2.75, 3.05) is 26.7 Å². The monoisotopic (exact) mass is 266 g/mol. The fourth-order valence-electron chi connectivity index (χ4n) is 4.20. The van der Waals surface area contributed by atoms with E-state index < -0.39 is 0 Å². The molecule has 3 atom stereocenters. The van der Waals surface area contributed by atoms with E-state index in [1.165, 1.54) is 58.2 Å². The quantitative estimate of drug-likeness (QED) is 0.837. The van der Waals surface area contributed by atoms with E-state index in [0.717, 1.165) is 11.8 Å². The van der Waals surface area contributed by atoms with Crippen LogP contribution in [0.25, 0.3) is 0 Å². The lowest BCUT2D eigenvalue weighted by Gasteiger charge is -2.42. The van der Waals surface area contributed by atoms with E-state index in [9.17, 15) is 0 Å². The number of nitrogens with zero attached hydrogens (tertiary/aromatic N) is 1.